The fraction of sp³-hybridized carbons (Fsp3) is 0.167. The number of nitrogens with zero attached hydrogens (tertiary/aromatic N) is 2. The Morgan fingerprint density at radius 2 is 1.47 bits per heavy atom. The van der Waals surface area contributed by atoms with Gasteiger partial charge in [0.05, 0.1) is 27.6 Å². The van der Waals surface area contributed by atoms with Crippen LogP contribution in [0.5, 0.6) is 0 Å². The Bertz CT molecular complexity index is 1590. The molecular formula is C24H18N3O2P. The molecule has 5 nitrogen and oxygen atoms in total. The number of hydrogen-bond acceptors (Lipinski definition) is 2. The highest BCUT2D eigenvalue weighted by atomic mass is 31.1. The van der Waals surface area contributed by atoms with Crippen molar-refractivity contribution in [1.82, 2.24) is 9.13 Å². The molecule has 0 aliphatic carbocycles. The van der Waals surface area contributed by atoms with Crippen molar-refractivity contribution in [3.63, 3.8) is 0 Å². The van der Waals surface area contributed by atoms with Crippen LogP contribution >= 0.6 is 8.20 Å². The maximum Gasteiger partial charge on any atom is 0.250 e. The molecular weight excluding hydrogens is 393 g/mol. The first-order valence-corrected chi connectivity index (χ1v) is 11.2. The molecule has 0 radical (unpaired) electrons. The number of amides is 1. The molecule has 1 saturated heterocycles. The third-order valence-electron chi connectivity index (χ3n) is 6.72. The van der Waals surface area contributed by atoms with Crippen molar-refractivity contribution in [1.29, 1.82) is 0 Å². The molecule has 2 bridgehead atoms. The molecule has 2 atom stereocenters. The van der Waals surface area contributed by atoms with Crippen molar-refractivity contribution < 1.29 is 9.53 Å². The smallest absolute Gasteiger partial charge is 0.250 e. The molecule has 0 spiro atoms. The highest BCUT2D eigenvalue weighted by molar-refractivity contribution is 7.46. The zero-order valence-corrected chi connectivity index (χ0v) is 17.0. The molecule has 2 aromatic heterocycles. The van der Waals surface area contributed by atoms with E-state index in [4.69, 9.17) is 10.5 Å². The first-order valence-electron chi connectivity index (χ1n) is 10.1. The predicted octanol–water partition coefficient (Wildman–Crippen LogP) is 4.83. The Balaban J connectivity index is 1.94. The summed E-state index contributed by atoms with van der Waals surface area (Å²) in [6.07, 6.45) is 5.99. The molecule has 6 heteroatoms. The van der Waals surface area contributed by atoms with E-state index < -0.39 is 5.91 Å². The van der Waals surface area contributed by atoms with Crippen LogP contribution in [0.1, 0.15) is 35.7 Å². The predicted molar refractivity (Wildman–Crippen MR) is 123 cm³/mol. The quantitative estimate of drug-likeness (QED) is 0.423. The van der Waals surface area contributed by atoms with E-state index >= 15 is 0 Å². The Morgan fingerprint density at radius 3 is 2.03 bits per heavy atom. The summed E-state index contributed by atoms with van der Waals surface area (Å²) in [6.45, 7) is 0. The van der Waals surface area contributed by atoms with Gasteiger partial charge < -0.3 is 19.6 Å². The van der Waals surface area contributed by atoms with E-state index in [1.165, 1.54) is 0 Å². The van der Waals surface area contributed by atoms with Crippen LogP contribution in [-0.2, 0) is 4.74 Å². The first-order chi connectivity index (χ1) is 14.7. The Hall–Kier alpha value is -3.14. The molecule has 146 valence electrons. The summed E-state index contributed by atoms with van der Waals surface area (Å²) in [5, 5.41) is 5.06. The lowest BCUT2D eigenvalue weighted by atomic mass is 10.0. The number of carbonyl (C=O) groups excluding carboxylic acids is 1. The Morgan fingerprint density at radius 1 is 0.933 bits per heavy atom. The van der Waals surface area contributed by atoms with Crippen LogP contribution in [-0.4, -0.2) is 21.3 Å². The van der Waals surface area contributed by atoms with Crippen molar-refractivity contribution in [2.45, 2.75) is 25.3 Å². The summed E-state index contributed by atoms with van der Waals surface area (Å²) in [5.41, 5.74) is 11.0. The molecule has 5 aromatic rings. The van der Waals surface area contributed by atoms with E-state index in [0.717, 1.165) is 70.0 Å². The maximum atomic E-state index is 12.8. The van der Waals surface area contributed by atoms with Crippen molar-refractivity contribution >= 4 is 69.3 Å². The van der Waals surface area contributed by atoms with Crippen LogP contribution in [0.25, 0.3) is 43.6 Å². The van der Waals surface area contributed by atoms with E-state index in [-0.39, 0.29) is 12.5 Å². The van der Waals surface area contributed by atoms with Crippen LogP contribution in [0.15, 0.2) is 48.5 Å². The number of benzene rings is 3. The number of rotatable bonds is 2. The highest BCUT2D eigenvalue weighted by Gasteiger charge is 2.38. The van der Waals surface area contributed by atoms with Gasteiger partial charge in [-0.15, -0.1) is 0 Å². The van der Waals surface area contributed by atoms with Gasteiger partial charge in [0.25, 0.3) is 0 Å². The number of primary amides is 1. The van der Waals surface area contributed by atoms with E-state index in [9.17, 15) is 4.79 Å². The molecule has 3 aromatic carbocycles. The average molecular weight is 411 g/mol. The minimum atomic E-state index is -0.405. The zero-order chi connectivity index (χ0) is 20.1. The molecule has 2 aliphatic heterocycles. The van der Waals surface area contributed by atoms with E-state index in [0.29, 0.717) is 5.56 Å². The average Bonchev–Trinajstić information content (AvgIpc) is 3.41. The van der Waals surface area contributed by atoms with E-state index in [1.807, 2.05) is 18.2 Å². The Labute approximate surface area is 173 Å². The number of nitrogens with two attached hydrogens (primary N) is 1. The minimum absolute atomic E-state index is 0.0203. The van der Waals surface area contributed by atoms with Crippen LogP contribution < -0.4 is 11.0 Å². The summed E-state index contributed by atoms with van der Waals surface area (Å²) in [4.78, 5) is 12.8. The van der Waals surface area contributed by atoms with Crippen molar-refractivity contribution in [3.05, 3.63) is 54.1 Å². The number of fused-ring (bicyclic) bond motifs is 10. The standard InChI is InChI=1S/C24H18N3O2P/c1-30-23-19-13-7-3-5-9-15(13)27-17-11-10-16(29-17)26-14-8-4-2-6-12(14)18(20(23)24(25)28)21(26)22(19)27/h2-9,16-17H,1,10-11H2,(H2,25,28). The van der Waals surface area contributed by atoms with Gasteiger partial charge in [0.1, 0.15) is 12.5 Å². The molecule has 30 heavy (non-hydrogen) atoms. The second-order valence-electron chi connectivity index (χ2n) is 8.09. The molecule has 7 rings (SSSR count). The lowest BCUT2D eigenvalue weighted by molar-refractivity contribution is -0.0229. The monoisotopic (exact) mass is 411 g/mol. The summed E-state index contributed by atoms with van der Waals surface area (Å²) < 4.78 is 11.2. The summed E-state index contributed by atoms with van der Waals surface area (Å²) in [5.74, 6) is -0.405. The van der Waals surface area contributed by atoms with Gasteiger partial charge in [-0.3, -0.25) is 4.79 Å². The normalized spacial score (nSPS) is 20.3. The van der Waals surface area contributed by atoms with Gasteiger partial charge in [0.2, 0.25) is 5.91 Å². The maximum absolute atomic E-state index is 12.8. The van der Waals surface area contributed by atoms with Crippen LogP contribution in [0, 0.1) is 0 Å². The molecule has 1 amide bonds. The third kappa shape index (κ3) is 1.75. The number of aromatic nitrogens is 2. The molecule has 0 saturated carbocycles. The van der Waals surface area contributed by atoms with Gasteiger partial charge in [0, 0.05) is 26.8 Å². The van der Waals surface area contributed by atoms with Crippen LogP contribution in [0.3, 0.4) is 0 Å². The van der Waals surface area contributed by atoms with Crippen molar-refractivity contribution in [2.75, 3.05) is 0 Å². The summed E-state index contributed by atoms with van der Waals surface area (Å²) in [7, 11) is 0.779. The van der Waals surface area contributed by atoms with Gasteiger partial charge in [-0.05, 0) is 25.0 Å². The van der Waals surface area contributed by atoms with Crippen molar-refractivity contribution in [3.8, 4) is 0 Å². The summed E-state index contributed by atoms with van der Waals surface area (Å²) >= 11 is 0. The molecule has 2 unspecified atom stereocenters. The van der Waals surface area contributed by atoms with Crippen LogP contribution in [0.2, 0.25) is 0 Å². The van der Waals surface area contributed by atoms with Gasteiger partial charge in [-0.1, -0.05) is 50.9 Å². The fourth-order valence-electron chi connectivity index (χ4n) is 5.71. The van der Waals surface area contributed by atoms with Gasteiger partial charge in [0.15, 0.2) is 0 Å². The topological polar surface area (TPSA) is 62.2 Å². The summed E-state index contributed by atoms with van der Waals surface area (Å²) in [6, 6.07) is 16.6. The molecule has 4 heterocycles. The highest BCUT2D eigenvalue weighted by Crippen LogP contribution is 2.50. The number of carbonyl (C=O) groups is 1. The Kier molecular flexibility index (Phi) is 3.05. The second kappa shape index (κ2) is 5.51. The fourth-order valence-corrected chi connectivity index (χ4v) is 6.47. The van der Waals surface area contributed by atoms with E-state index in [2.05, 4.69) is 45.8 Å². The van der Waals surface area contributed by atoms with Gasteiger partial charge in [-0.2, -0.15) is 0 Å². The first kappa shape index (κ1) is 16.6. The molecule has 2 aliphatic rings. The lowest BCUT2D eigenvalue weighted by Crippen LogP contribution is -2.20. The molecule has 1 fully saturated rings. The lowest BCUT2D eigenvalue weighted by Gasteiger charge is -2.15. The second-order valence-corrected chi connectivity index (χ2v) is 8.85. The number of hydrogen-bond donors (Lipinski definition) is 1. The van der Waals surface area contributed by atoms with Crippen molar-refractivity contribution in [2.24, 2.45) is 5.73 Å². The largest absolute Gasteiger partial charge is 0.366 e. The van der Waals surface area contributed by atoms with Gasteiger partial charge in [-0.25, -0.2) is 0 Å². The number of ether oxygens (including phenoxy) is 1. The third-order valence-corrected chi connectivity index (χ3v) is 7.49. The zero-order valence-electron chi connectivity index (χ0n) is 16.1. The SMILES string of the molecule is C=Pc1c(C(N)=O)c2c3ccccc3n3c2c2c1c1ccccc1n2C1CCC3O1. The van der Waals surface area contributed by atoms with E-state index in [1.54, 1.807) is 0 Å². The minimum Gasteiger partial charge on any atom is -0.366 e. The van der Waals surface area contributed by atoms with Gasteiger partial charge >= 0.3 is 0 Å². The molecule has 2 N–H and O–H groups in total. The van der Waals surface area contributed by atoms with Crippen LogP contribution in [0.4, 0.5) is 0 Å². The number of para-hydroxylation sites is 2.